The van der Waals surface area contributed by atoms with Crippen molar-refractivity contribution in [2.45, 2.75) is 32.1 Å². The van der Waals surface area contributed by atoms with Crippen LogP contribution in [-0.2, 0) is 14.9 Å². The average Bonchev–Trinajstić information content (AvgIpc) is 2.39. The molecule has 1 aromatic rings. The molecule has 1 aliphatic rings. The summed E-state index contributed by atoms with van der Waals surface area (Å²) in [4.78, 5) is 0. The topological polar surface area (TPSA) is 18.5 Å². The highest BCUT2D eigenvalue weighted by Crippen LogP contribution is 2.37. The molecule has 2 rings (SSSR count). The number of hydrogen-bond donors (Lipinski definition) is 0. The lowest BCUT2D eigenvalue weighted by Crippen LogP contribution is -2.39. The van der Waals surface area contributed by atoms with Crippen LogP contribution in [0.3, 0.4) is 0 Å². The highest BCUT2D eigenvalue weighted by molar-refractivity contribution is 5.28. The molecule has 20 heavy (non-hydrogen) atoms. The maximum atomic E-state index is 14.1. The van der Waals surface area contributed by atoms with Crippen LogP contribution in [0.5, 0.6) is 0 Å². The molecule has 0 spiro atoms. The van der Waals surface area contributed by atoms with Crippen molar-refractivity contribution in [1.82, 2.24) is 0 Å². The number of halogens is 2. The fraction of sp³-hybridized carbons (Fsp3) is 0.625. The molecule has 1 aliphatic heterocycles. The molecule has 0 saturated carbocycles. The first-order valence-electron chi connectivity index (χ1n) is 7.14. The quantitative estimate of drug-likeness (QED) is 0.821. The largest absolute Gasteiger partial charge is 0.381 e. The second-order valence-corrected chi connectivity index (χ2v) is 5.93. The van der Waals surface area contributed by atoms with E-state index in [4.69, 9.17) is 9.47 Å². The van der Waals surface area contributed by atoms with Gasteiger partial charge in [-0.25, -0.2) is 8.78 Å². The van der Waals surface area contributed by atoms with Crippen LogP contribution in [0.2, 0.25) is 0 Å². The van der Waals surface area contributed by atoms with Crippen molar-refractivity contribution in [2.24, 2.45) is 5.92 Å². The molecule has 0 bridgehead atoms. The maximum Gasteiger partial charge on any atom is 0.129 e. The summed E-state index contributed by atoms with van der Waals surface area (Å²) in [5, 5.41) is 0. The SMILES string of the molecule is CC(C)COCC1(c2ccc(F)cc2F)CCOCC1. The van der Waals surface area contributed by atoms with Gasteiger partial charge in [0, 0.05) is 31.3 Å². The fourth-order valence-electron chi connectivity index (χ4n) is 2.66. The van der Waals surface area contributed by atoms with E-state index < -0.39 is 17.0 Å². The molecule has 1 saturated heterocycles. The highest BCUT2D eigenvalue weighted by Gasteiger charge is 2.37. The number of ether oxygens (including phenoxy) is 2. The van der Waals surface area contributed by atoms with E-state index in [0.29, 0.717) is 50.8 Å². The van der Waals surface area contributed by atoms with Crippen molar-refractivity contribution >= 4 is 0 Å². The van der Waals surface area contributed by atoms with Gasteiger partial charge in [0.15, 0.2) is 0 Å². The Morgan fingerprint density at radius 1 is 1.25 bits per heavy atom. The summed E-state index contributed by atoms with van der Waals surface area (Å²) in [5.41, 5.74) is 0.149. The molecule has 1 heterocycles. The summed E-state index contributed by atoms with van der Waals surface area (Å²) >= 11 is 0. The van der Waals surface area contributed by atoms with Gasteiger partial charge in [-0.1, -0.05) is 19.9 Å². The Bertz CT molecular complexity index is 440. The average molecular weight is 284 g/mol. The summed E-state index contributed by atoms with van der Waals surface area (Å²) in [6, 6.07) is 3.82. The van der Waals surface area contributed by atoms with Crippen LogP contribution in [0.4, 0.5) is 8.78 Å². The second kappa shape index (κ2) is 6.64. The maximum absolute atomic E-state index is 14.1. The fourth-order valence-corrected chi connectivity index (χ4v) is 2.66. The first-order chi connectivity index (χ1) is 9.53. The lowest BCUT2D eigenvalue weighted by Gasteiger charge is -2.37. The minimum absolute atomic E-state index is 0.398. The van der Waals surface area contributed by atoms with Gasteiger partial charge < -0.3 is 9.47 Å². The van der Waals surface area contributed by atoms with Crippen LogP contribution in [0.1, 0.15) is 32.3 Å². The predicted octanol–water partition coefficient (Wildman–Crippen LogP) is 3.69. The van der Waals surface area contributed by atoms with E-state index in [0.717, 1.165) is 6.07 Å². The van der Waals surface area contributed by atoms with Crippen LogP contribution in [0.25, 0.3) is 0 Å². The molecule has 0 radical (unpaired) electrons. The minimum atomic E-state index is -0.545. The molecule has 1 fully saturated rings. The second-order valence-electron chi connectivity index (χ2n) is 5.93. The van der Waals surface area contributed by atoms with Crippen LogP contribution >= 0.6 is 0 Å². The van der Waals surface area contributed by atoms with Crippen molar-refractivity contribution in [3.63, 3.8) is 0 Å². The summed E-state index contributed by atoms with van der Waals surface area (Å²) in [7, 11) is 0. The van der Waals surface area contributed by atoms with Crippen LogP contribution in [0, 0.1) is 17.6 Å². The van der Waals surface area contributed by atoms with E-state index in [1.165, 1.54) is 6.07 Å². The monoisotopic (exact) mass is 284 g/mol. The summed E-state index contributed by atoms with van der Waals surface area (Å²) in [6.07, 6.45) is 1.40. The molecule has 0 atom stereocenters. The van der Waals surface area contributed by atoms with Crippen LogP contribution in [-0.4, -0.2) is 26.4 Å². The van der Waals surface area contributed by atoms with Crippen molar-refractivity contribution < 1.29 is 18.3 Å². The Morgan fingerprint density at radius 3 is 2.55 bits per heavy atom. The number of hydrogen-bond acceptors (Lipinski definition) is 2. The zero-order valence-corrected chi connectivity index (χ0v) is 12.1. The molecule has 0 amide bonds. The third kappa shape index (κ3) is 3.55. The van der Waals surface area contributed by atoms with E-state index in [2.05, 4.69) is 13.8 Å². The van der Waals surface area contributed by atoms with Crippen LogP contribution in [0.15, 0.2) is 18.2 Å². The van der Waals surface area contributed by atoms with Crippen molar-refractivity contribution in [3.05, 3.63) is 35.4 Å². The molecular formula is C16H22F2O2. The van der Waals surface area contributed by atoms with Gasteiger partial charge in [-0.05, 0) is 30.4 Å². The standard InChI is InChI=1S/C16H22F2O2/c1-12(2)10-20-11-16(5-7-19-8-6-16)14-4-3-13(17)9-15(14)18/h3-4,9,12H,5-8,10-11H2,1-2H3. The molecule has 112 valence electrons. The van der Waals surface area contributed by atoms with Gasteiger partial charge in [0.1, 0.15) is 11.6 Å². The molecule has 0 aliphatic carbocycles. The summed E-state index contributed by atoms with van der Waals surface area (Å²) < 4.78 is 38.4. The molecule has 0 unspecified atom stereocenters. The van der Waals surface area contributed by atoms with E-state index in [-0.39, 0.29) is 0 Å². The summed E-state index contributed by atoms with van der Waals surface area (Å²) in [6.45, 7) is 6.43. The highest BCUT2D eigenvalue weighted by atomic mass is 19.1. The Morgan fingerprint density at radius 2 is 1.95 bits per heavy atom. The van der Waals surface area contributed by atoms with Gasteiger partial charge in [-0.2, -0.15) is 0 Å². The Hall–Kier alpha value is -1.00. The summed E-state index contributed by atoms with van der Waals surface area (Å²) in [5.74, 6) is -0.596. The molecule has 4 heteroatoms. The Kier molecular flexibility index (Phi) is 5.11. The Labute approximate surface area is 119 Å². The third-order valence-electron chi connectivity index (χ3n) is 3.78. The van der Waals surface area contributed by atoms with E-state index in [9.17, 15) is 8.78 Å². The van der Waals surface area contributed by atoms with Gasteiger partial charge in [-0.3, -0.25) is 0 Å². The predicted molar refractivity (Wildman–Crippen MR) is 73.7 cm³/mol. The molecular weight excluding hydrogens is 262 g/mol. The number of rotatable bonds is 5. The Balaban J connectivity index is 2.21. The molecule has 0 aromatic heterocycles. The lowest BCUT2D eigenvalue weighted by atomic mass is 9.74. The van der Waals surface area contributed by atoms with Gasteiger partial charge in [-0.15, -0.1) is 0 Å². The van der Waals surface area contributed by atoms with Gasteiger partial charge in [0.25, 0.3) is 0 Å². The normalized spacial score (nSPS) is 18.4. The van der Waals surface area contributed by atoms with Gasteiger partial charge in [0.2, 0.25) is 0 Å². The smallest absolute Gasteiger partial charge is 0.129 e. The van der Waals surface area contributed by atoms with E-state index in [1.807, 2.05) is 0 Å². The van der Waals surface area contributed by atoms with E-state index >= 15 is 0 Å². The van der Waals surface area contributed by atoms with Crippen molar-refractivity contribution in [3.8, 4) is 0 Å². The zero-order valence-electron chi connectivity index (χ0n) is 12.1. The van der Waals surface area contributed by atoms with Crippen LogP contribution < -0.4 is 0 Å². The first kappa shape index (κ1) is 15.4. The molecule has 1 aromatic carbocycles. The zero-order chi connectivity index (χ0) is 14.6. The van der Waals surface area contributed by atoms with E-state index in [1.54, 1.807) is 6.07 Å². The van der Waals surface area contributed by atoms with Crippen molar-refractivity contribution in [2.75, 3.05) is 26.4 Å². The third-order valence-corrected chi connectivity index (χ3v) is 3.78. The number of benzene rings is 1. The molecule has 0 N–H and O–H groups in total. The van der Waals surface area contributed by atoms with Crippen molar-refractivity contribution in [1.29, 1.82) is 0 Å². The van der Waals surface area contributed by atoms with Gasteiger partial charge >= 0.3 is 0 Å². The minimum Gasteiger partial charge on any atom is -0.381 e. The van der Waals surface area contributed by atoms with Gasteiger partial charge in [0.05, 0.1) is 6.61 Å². The first-order valence-corrected chi connectivity index (χ1v) is 7.14. The lowest BCUT2D eigenvalue weighted by molar-refractivity contribution is -0.00661. The molecule has 2 nitrogen and oxygen atoms in total.